The number of hydrogen-bond acceptors (Lipinski definition) is 4. The zero-order valence-electron chi connectivity index (χ0n) is 11.9. The molecular formula is C16H20N2OS. The van der Waals surface area contributed by atoms with Gasteiger partial charge in [-0.1, -0.05) is 43.8 Å². The Balaban J connectivity index is 1.91. The molecule has 1 aliphatic rings. The van der Waals surface area contributed by atoms with Gasteiger partial charge < -0.3 is 10.1 Å². The zero-order chi connectivity index (χ0) is 13.9. The second-order valence-corrected chi connectivity index (χ2v) is 6.75. The molecule has 0 atom stereocenters. The number of nitrogens with one attached hydrogen (secondary N) is 1. The minimum Gasteiger partial charge on any atom is -0.379 e. The van der Waals surface area contributed by atoms with Gasteiger partial charge in [0.05, 0.1) is 24.0 Å². The summed E-state index contributed by atoms with van der Waals surface area (Å²) in [5.74, 6) is 0. The Hall–Kier alpha value is -1.10. The molecule has 0 spiro atoms. The van der Waals surface area contributed by atoms with E-state index in [1.807, 2.05) is 17.8 Å². The van der Waals surface area contributed by atoms with Crippen LogP contribution in [0.2, 0.25) is 0 Å². The highest BCUT2D eigenvalue weighted by Gasteiger charge is 2.22. The first-order valence-electron chi connectivity index (χ1n) is 7.09. The molecular weight excluding hydrogens is 268 g/mol. The molecule has 1 fully saturated rings. The maximum absolute atomic E-state index is 5.27. The van der Waals surface area contributed by atoms with Crippen LogP contribution in [0.5, 0.6) is 0 Å². The minimum atomic E-state index is 0.478. The largest absolute Gasteiger partial charge is 0.379 e. The first kappa shape index (κ1) is 13.9. The van der Waals surface area contributed by atoms with Gasteiger partial charge in [-0.2, -0.15) is 0 Å². The Labute approximate surface area is 124 Å². The number of para-hydroxylation sites is 1. The molecule has 0 unspecified atom stereocenters. The minimum absolute atomic E-state index is 0.478. The lowest BCUT2D eigenvalue weighted by Gasteiger charge is -2.25. The number of hydrogen-bond donors (Lipinski definition) is 1. The van der Waals surface area contributed by atoms with Crippen LogP contribution in [0.4, 0.5) is 0 Å². The van der Waals surface area contributed by atoms with Crippen LogP contribution in [0.15, 0.2) is 35.4 Å². The number of nitrogens with zero attached hydrogens (tertiary/aromatic N) is 1. The summed E-state index contributed by atoms with van der Waals surface area (Å²) in [6, 6.07) is 11.1. The number of benzene rings is 1. The Morgan fingerprint density at radius 3 is 2.85 bits per heavy atom. The Kier molecular flexibility index (Phi) is 4.24. The molecule has 1 aromatic heterocycles. The maximum Gasteiger partial charge on any atom is 0.102 e. The van der Waals surface area contributed by atoms with Crippen LogP contribution in [0, 0.1) is 0 Å². The molecule has 3 rings (SSSR count). The third kappa shape index (κ3) is 3.14. The lowest BCUT2D eigenvalue weighted by molar-refractivity contribution is 0.0454. The van der Waals surface area contributed by atoms with Gasteiger partial charge in [0.1, 0.15) is 5.03 Å². The number of aromatic nitrogens is 1. The van der Waals surface area contributed by atoms with Crippen molar-refractivity contribution < 1.29 is 4.74 Å². The van der Waals surface area contributed by atoms with Gasteiger partial charge >= 0.3 is 0 Å². The number of fused-ring (bicyclic) bond motifs is 1. The van der Waals surface area contributed by atoms with E-state index in [1.54, 1.807) is 0 Å². The number of pyridine rings is 1. The molecule has 0 bridgehead atoms. The van der Waals surface area contributed by atoms with E-state index in [0.29, 0.717) is 11.3 Å². The average molecular weight is 288 g/mol. The zero-order valence-corrected chi connectivity index (χ0v) is 12.7. The van der Waals surface area contributed by atoms with Crippen LogP contribution >= 0.6 is 11.8 Å². The lowest BCUT2D eigenvalue weighted by atomic mass is 10.1. The highest BCUT2D eigenvalue weighted by molar-refractivity contribution is 8.00. The van der Waals surface area contributed by atoms with Gasteiger partial charge in [-0.15, -0.1) is 0 Å². The summed E-state index contributed by atoms with van der Waals surface area (Å²) in [5.41, 5.74) is 2.36. The lowest BCUT2D eigenvalue weighted by Crippen LogP contribution is -2.30. The Morgan fingerprint density at radius 2 is 2.15 bits per heavy atom. The van der Waals surface area contributed by atoms with Crippen molar-refractivity contribution in [2.24, 2.45) is 0 Å². The van der Waals surface area contributed by atoms with Crippen molar-refractivity contribution in [3.63, 3.8) is 0 Å². The van der Waals surface area contributed by atoms with Gasteiger partial charge in [-0.25, -0.2) is 4.98 Å². The molecule has 0 radical (unpaired) electrons. The van der Waals surface area contributed by atoms with E-state index in [-0.39, 0.29) is 0 Å². The SMILES string of the molecule is CC(C)NCc1cc2ccccc2nc1SC1COC1. The van der Waals surface area contributed by atoms with Crippen LogP contribution in [0.25, 0.3) is 10.9 Å². The summed E-state index contributed by atoms with van der Waals surface area (Å²) >= 11 is 1.85. The number of ether oxygens (including phenoxy) is 1. The van der Waals surface area contributed by atoms with Crippen molar-refractivity contribution in [3.05, 3.63) is 35.9 Å². The standard InChI is InChI=1S/C16H20N2OS/c1-11(2)17-8-13-7-12-5-3-4-6-15(12)18-16(13)20-14-9-19-10-14/h3-7,11,14,17H,8-10H2,1-2H3. The van der Waals surface area contributed by atoms with E-state index in [4.69, 9.17) is 9.72 Å². The topological polar surface area (TPSA) is 34.2 Å². The van der Waals surface area contributed by atoms with Gasteiger partial charge in [0.15, 0.2) is 0 Å². The van der Waals surface area contributed by atoms with E-state index < -0.39 is 0 Å². The molecule has 1 aliphatic heterocycles. The summed E-state index contributed by atoms with van der Waals surface area (Å²) in [6.45, 7) is 6.89. The highest BCUT2D eigenvalue weighted by Crippen LogP contribution is 2.31. The van der Waals surface area contributed by atoms with E-state index >= 15 is 0 Å². The summed E-state index contributed by atoms with van der Waals surface area (Å²) in [5, 5.41) is 6.40. The smallest absolute Gasteiger partial charge is 0.102 e. The van der Waals surface area contributed by atoms with Gasteiger partial charge in [0.25, 0.3) is 0 Å². The van der Waals surface area contributed by atoms with Gasteiger partial charge in [0.2, 0.25) is 0 Å². The van der Waals surface area contributed by atoms with Gasteiger partial charge in [-0.05, 0) is 17.7 Å². The molecule has 1 saturated heterocycles. The quantitative estimate of drug-likeness (QED) is 0.916. The van der Waals surface area contributed by atoms with E-state index in [2.05, 4.69) is 43.4 Å². The third-order valence-electron chi connectivity index (χ3n) is 3.35. The molecule has 1 aromatic carbocycles. The van der Waals surface area contributed by atoms with Crippen LogP contribution in [-0.4, -0.2) is 29.5 Å². The van der Waals surface area contributed by atoms with E-state index in [0.717, 1.165) is 30.3 Å². The normalized spacial score (nSPS) is 15.8. The van der Waals surface area contributed by atoms with Crippen molar-refractivity contribution in [2.45, 2.75) is 36.7 Å². The molecule has 1 N–H and O–H groups in total. The summed E-state index contributed by atoms with van der Waals surface area (Å²) in [4.78, 5) is 4.84. The fraction of sp³-hybridized carbons (Fsp3) is 0.438. The fourth-order valence-electron chi connectivity index (χ4n) is 2.12. The molecule has 20 heavy (non-hydrogen) atoms. The first-order valence-corrected chi connectivity index (χ1v) is 7.97. The van der Waals surface area contributed by atoms with Crippen molar-refractivity contribution in [1.29, 1.82) is 0 Å². The summed E-state index contributed by atoms with van der Waals surface area (Å²) in [7, 11) is 0. The molecule has 2 heterocycles. The van der Waals surface area contributed by atoms with Crippen LogP contribution in [-0.2, 0) is 11.3 Å². The van der Waals surface area contributed by atoms with Crippen LogP contribution < -0.4 is 5.32 Å². The fourth-order valence-corrected chi connectivity index (χ4v) is 3.20. The Morgan fingerprint density at radius 1 is 1.35 bits per heavy atom. The van der Waals surface area contributed by atoms with Crippen LogP contribution in [0.1, 0.15) is 19.4 Å². The van der Waals surface area contributed by atoms with Crippen molar-refractivity contribution in [2.75, 3.05) is 13.2 Å². The van der Waals surface area contributed by atoms with Crippen molar-refractivity contribution >= 4 is 22.7 Å². The second-order valence-electron chi connectivity index (χ2n) is 5.46. The van der Waals surface area contributed by atoms with Gasteiger partial charge in [-0.3, -0.25) is 0 Å². The number of thioether (sulfide) groups is 1. The molecule has 3 nitrogen and oxygen atoms in total. The molecule has 2 aromatic rings. The Bertz CT molecular complexity index is 596. The predicted octanol–water partition coefficient (Wildman–Crippen LogP) is 3.22. The third-order valence-corrected chi connectivity index (χ3v) is 4.53. The molecule has 0 amide bonds. The summed E-state index contributed by atoms with van der Waals surface area (Å²) < 4.78 is 5.27. The molecule has 0 aliphatic carbocycles. The van der Waals surface area contributed by atoms with Crippen molar-refractivity contribution in [1.82, 2.24) is 10.3 Å². The van der Waals surface area contributed by atoms with E-state index in [1.165, 1.54) is 10.9 Å². The summed E-state index contributed by atoms with van der Waals surface area (Å²) in [6.07, 6.45) is 0. The van der Waals surface area contributed by atoms with E-state index in [9.17, 15) is 0 Å². The number of rotatable bonds is 5. The molecule has 106 valence electrons. The van der Waals surface area contributed by atoms with Crippen LogP contribution in [0.3, 0.4) is 0 Å². The molecule has 0 saturated carbocycles. The second kappa shape index (κ2) is 6.12. The van der Waals surface area contributed by atoms with Gasteiger partial charge in [0, 0.05) is 18.0 Å². The molecule has 4 heteroatoms. The highest BCUT2D eigenvalue weighted by atomic mass is 32.2. The van der Waals surface area contributed by atoms with Crippen molar-refractivity contribution in [3.8, 4) is 0 Å². The monoisotopic (exact) mass is 288 g/mol. The average Bonchev–Trinajstić information content (AvgIpc) is 2.40. The predicted molar refractivity (Wildman–Crippen MR) is 84.2 cm³/mol. The first-order chi connectivity index (χ1) is 9.72. The maximum atomic E-state index is 5.27.